The number of aliphatic carboxylic acids is 1. The van der Waals surface area contributed by atoms with Crippen LogP contribution in [-0.2, 0) is 11.2 Å². The molecule has 1 rings (SSSR count). The first-order valence-corrected chi connectivity index (χ1v) is 6.18. The maximum Gasteiger partial charge on any atom is 0.307 e. The highest BCUT2D eigenvalue weighted by Gasteiger charge is 2.31. The van der Waals surface area contributed by atoms with E-state index in [4.69, 9.17) is 0 Å². The lowest BCUT2D eigenvalue weighted by atomic mass is 9.77. The van der Waals surface area contributed by atoms with E-state index in [0.29, 0.717) is 10.9 Å². The van der Waals surface area contributed by atoms with E-state index in [1.807, 2.05) is 20.8 Å². The Morgan fingerprint density at radius 3 is 2.47 bits per heavy atom. The van der Waals surface area contributed by atoms with Crippen molar-refractivity contribution in [3.05, 3.63) is 34.1 Å². The number of halogens is 2. The minimum absolute atomic E-state index is 0.330. The van der Waals surface area contributed by atoms with E-state index < -0.39 is 11.9 Å². The molecule has 0 aliphatic rings. The van der Waals surface area contributed by atoms with Gasteiger partial charge in [-0.25, -0.2) is 4.39 Å². The summed E-state index contributed by atoms with van der Waals surface area (Å²) in [5, 5.41) is 9.23. The Morgan fingerprint density at radius 2 is 2.06 bits per heavy atom. The number of hydrogen-bond donors (Lipinski definition) is 1. The Kier molecular flexibility index (Phi) is 4.31. The lowest BCUT2D eigenvalue weighted by Crippen LogP contribution is -2.30. The van der Waals surface area contributed by atoms with Crippen molar-refractivity contribution in [1.29, 1.82) is 0 Å². The Bertz CT molecular complexity index is 424. The van der Waals surface area contributed by atoms with E-state index in [2.05, 4.69) is 15.9 Å². The molecule has 0 aliphatic heterocycles. The summed E-state index contributed by atoms with van der Waals surface area (Å²) >= 11 is 3.26. The highest BCUT2D eigenvalue weighted by molar-refractivity contribution is 9.10. The summed E-state index contributed by atoms with van der Waals surface area (Å²) in [6, 6.07) is 4.33. The Balaban J connectivity index is 2.98. The monoisotopic (exact) mass is 302 g/mol. The molecular weight excluding hydrogens is 287 g/mol. The summed E-state index contributed by atoms with van der Waals surface area (Å²) in [6.07, 6.45) is 0.389. The average Bonchev–Trinajstić information content (AvgIpc) is 2.13. The third-order valence-electron chi connectivity index (χ3n) is 2.78. The van der Waals surface area contributed by atoms with Crippen LogP contribution in [0.4, 0.5) is 4.39 Å². The Morgan fingerprint density at radius 1 is 1.47 bits per heavy atom. The van der Waals surface area contributed by atoms with Crippen LogP contribution in [-0.4, -0.2) is 11.1 Å². The van der Waals surface area contributed by atoms with Crippen molar-refractivity contribution >= 4 is 21.9 Å². The molecule has 1 aromatic rings. The molecule has 0 bridgehead atoms. The van der Waals surface area contributed by atoms with Gasteiger partial charge in [-0.1, -0.05) is 42.8 Å². The number of carboxylic acids is 1. The van der Waals surface area contributed by atoms with Crippen LogP contribution in [0.1, 0.15) is 26.3 Å². The molecule has 0 fully saturated rings. The molecule has 94 valence electrons. The van der Waals surface area contributed by atoms with Crippen LogP contribution in [0.3, 0.4) is 0 Å². The minimum atomic E-state index is -0.825. The van der Waals surface area contributed by atoms with Gasteiger partial charge in [0.2, 0.25) is 0 Å². The largest absolute Gasteiger partial charge is 0.481 e. The van der Waals surface area contributed by atoms with Gasteiger partial charge in [-0.2, -0.15) is 0 Å². The van der Waals surface area contributed by atoms with Gasteiger partial charge in [0.15, 0.2) is 0 Å². The number of hydrogen-bond acceptors (Lipinski definition) is 1. The number of carboxylic acid groups (broad SMARTS) is 1. The third kappa shape index (κ3) is 3.80. The van der Waals surface area contributed by atoms with Crippen LogP contribution < -0.4 is 0 Å². The van der Waals surface area contributed by atoms with Gasteiger partial charge < -0.3 is 5.11 Å². The number of benzene rings is 1. The van der Waals surface area contributed by atoms with E-state index in [9.17, 15) is 14.3 Å². The van der Waals surface area contributed by atoms with E-state index in [1.54, 1.807) is 6.07 Å². The first kappa shape index (κ1) is 14.2. The smallest absolute Gasteiger partial charge is 0.307 e. The summed E-state index contributed by atoms with van der Waals surface area (Å²) in [4.78, 5) is 11.2. The van der Waals surface area contributed by atoms with Crippen molar-refractivity contribution in [3.8, 4) is 0 Å². The zero-order chi connectivity index (χ0) is 13.2. The van der Waals surface area contributed by atoms with Crippen molar-refractivity contribution in [1.82, 2.24) is 0 Å². The number of rotatable bonds is 3. The van der Waals surface area contributed by atoms with Gasteiger partial charge in [0.1, 0.15) is 5.82 Å². The molecule has 4 heteroatoms. The molecule has 0 saturated heterocycles. The van der Waals surface area contributed by atoms with Gasteiger partial charge in [0.05, 0.1) is 5.92 Å². The summed E-state index contributed by atoms with van der Waals surface area (Å²) in [7, 11) is 0. The van der Waals surface area contributed by atoms with Gasteiger partial charge in [-0.15, -0.1) is 0 Å². The highest BCUT2D eigenvalue weighted by atomic mass is 79.9. The van der Waals surface area contributed by atoms with Gasteiger partial charge in [-0.05, 0) is 29.5 Å². The van der Waals surface area contributed by atoms with E-state index >= 15 is 0 Å². The zero-order valence-corrected chi connectivity index (χ0v) is 11.7. The van der Waals surface area contributed by atoms with Gasteiger partial charge >= 0.3 is 5.97 Å². The van der Waals surface area contributed by atoms with Crippen LogP contribution >= 0.6 is 15.9 Å². The molecule has 1 unspecified atom stereocenters. The Labute approximate surface area is 109 Å². The fourth-order valence-corrected chi connectivity index (χ4v) is 2.18. The minimum Gasteiger partial charge on any atom is -0.481 e. The van der Waals surface area contributed by atoms with E-state index in [-0.39, 0.29) is 11.2 Å². The molecule has 1 atom stereocenters. The molecule has 0 aliphatic carbocycles. The zero-order valence-electron chi connectivity index (χ0n) is 10.1. The molecule has 0 heterocycles. The van der Waals surface area contributed by atoms with Crippen LogP contribution in [0, 0.1) is 17.2 Å². The lowest BCUT2D eigenvalue weighted by Gasteiger charge is -2.27. The predicted molar refractivity (Wildman–Crippen MR) is 68.4 cm³/mol. The molecule has 17 heavy (non-hydrogen) atoms. The van der Waals surface area contributed by atoms with Gasteiger partial charge in [0, 0.05) is 4.47 Å². The second-order valence-corrected chi connectivity index (χ2v) is 6.05. The lowest BCUT2D eigenvalue weighted by molar-refractivity contribution is -0.145. The quantitative estimate of drug-likeness (QED) is 0.920. The predicted octanol–water partition coefficient (Wildman–Crippen LogP) is 3.88. The first-order valence-electron chi connectivity index (χ1n) is 5.38. The van der Waals surface area contributed by atoms with Crippen LogP contribution in [0.2, 0.25) is 0 Å². The number of carbonyl (C=O) groups is 1. The second kappa shape index (κ2) is 5.17. The van der Waals surface area contributed by atoms with Gasteiger partial charge in [0.25, 0.3) is 0 Å². The van der Waals surface area contributed by atoms with Gasteiger partial charge in [-0.3, -0.25) is 4.79 Å². The fraction of sp³-hybridized carbons (Fsp3) is 0.462. The second-order valence-electron chi connectivity index (χ2n) is 5.20. The van der Waals surface area contributed by atoms with Crippen LogP contribution in [0.5, 0.6) is 0 Å². The SMILES string of the molecule is CC(C)(C)C(Cc1ccc(F)cc1Br)C(=O)O. The van der Waals surface area contributed by atoms with Crippen molar-refractivity contribution in [2.45, 2.75) is 27.2 Å². The summed E-state index contributed by atoms with van der Waals surface area (Å²) < 4.78 is 13.5. The van der Waals surface area contributed by atoms with E-state index in [0.717, 1.165) is 5.56 Å². The molecule has 2 nitrogen and oxygen atoms in total. The van der Waals surface area contributed by atoms with Crippen molar-refractivity contribution < 1.29 is 14.3 Å². The molecule has 1 N–H and O–H groups in total. The topological polar surface area (TPSA) is 37.3 Å². The molecular formula is C13H16BrFO2. The van der Waals surface area contributed by atoms with Crippen molar-refractivity contribution in [3.63, 3.8) is 0 Å². The molecule has 0 amide bonds. The van der Waals surface area contributed by atoms with Crippen LogP contribution in [0.15, 0.2) is 22.7 Å². The molecule has 1 aromatic carbocycles. The summed E-state index contributed by atoms with van der Waals surface area (Å²) in [5.74, 6) is -1.65. The summed E-state index contributed by atoms with van der Waals surface area (Å²) in [5.41, 5.74) is 0.480. The molecule has 0 saturated carbocycles. The van der Waals surface area contributed by atoms with Crippen molar-refractivity contribution in [2.75, 3.05) is 0 Å². The average molecular weight is 303 g/mol. The maximum absolute atomic E-state index is 12.9. The standard InChI is InChI=1S/C13H16BrFO2/c1-13(2,3)10(12(16)17)6-8-4-5-9(15)7-11(8)14/h4-5,7,10H,6H2,1-3H3,(H,16,17). The highest BCUT2D eigenvalue weighted by Crippen LogP contribution is 2.31. The maximum atomic E-state index is 12.9. The van der Waals surface area contributed by atoms with Crippen LogP contribution in [0.25, 0.3) is 0 Å². The third-order valence-corrected chi connectivity index (χ3v) is 3.52. The van der Waals surface area contributed by atoms with Crippen molar-refractivity contribution in [2.24, 2.45) is 11.3 Å². The van der Waals surface area contributed by atoms with E-state index in [1.165, 1.54) is 12.1 Å². The normalized spacial score (nSPS) is 13.5. The Hall–Kier alpha value is -0.900. The molecule has 0 aromatic heterocycles. The summed E-state index contributed by atoms with van der Waals surface area (Å²) in [6.45, 7) is 5.68. The molecule has 0 radical (unpaired) electrons. The fourth-order valence-electron chi connectivity index (χ4n) is 1.67. The molecule has 0 spiro atoms. The first-order chi connectivity index (χ1) is 7.71.